The molecule has 0 rings (SSSR count). The highest BCUT2D eigenvalue weighted by Gasteiger charge is 2.14. The van der Waals surface area contributed by atoms with Crippen molar-refractivity contribution >= 4 is 36.9 Å². The van der Waals surface area contributed by atoms with E-state index in [4.69, 9.17) is 27.7 Å². The van der Waals surface area contributed by atoms with Crippen LogP contribution >= 0.6 is 24.8 Å². The molecule has 0 unspecified atom stereocenters. The molecule has 8 nitrogen and oxygen atoms in total. The minimum absolute atomic E-state index is 0. The van der Waals surface area contributed by atoms with Crippen molar-refractivity contribution in [2.75, 3.05) is 26.2 Å². The van der Waals surface area contributed by atoms with E-state index in [0.717, 1.165) is 0 Å². The lowest BCUT2D eigenvalue weighted by atomic mass is 10.2. The lowest BCUT2D eigenvalue weighted by Gasteiger charge is -2.19. The summed E-state index contributed by atoms with van der Waals surface area (Å²) in [4.78, 5) is 14.4. The van der Waals surface area contributed by atoms with Gasteiger partial charge < -0.3 is 33.0 Å². The molecule has 0 saturated heterocycles. The quantitative estimate of drug-likeness (QED) is 0.345. The number of aliphatic imine (C=N–C) groups is 1. The summed E-state index contributed by atoms with van der Waals surface area (Å²) in [6, 6.07) is 0. The molecule has 0 aromatic heterocycles. The first-order chi connectivity index (χ1) is 8.22. The summed E-state index contributed by atoms with van der Waals surface area (Å²) in [5.74, 6) is 0.102. The molecule has 0 saturated carbocycles. The molecular weight excluding hydrogens is 307 g/mol. The number of nitrogens with one attached hydrogen (secondary N) is 1. The third-order valence-electron chi connectivity index (χ3n) is 1.24. The summed E-state index contributed by atoms with van der Waals surface area (Å²) < 4.78 is 4.93. The molecule has 0 aliphatic rings. The first-order valence-corrected chi connectivity index (χ1v) is 5.65. The van der Waals surface area contributed by atoms with Crippen LogP contribution < -0.4 is 28.3 Å². The van der Waals surface area contributed by atoms with Crippen LogP contribution in [0.2, 0.25) is 0 Å². The van der Waals surface area contributed by atoms with E-state index in [1.807, 2.05) is 20.8 Å². The van der Waals surface area contributed by atoms with Gasteiger partial charge in [0.05, 0.1) is 6.54 Å². The van der Waals surface area contributed by atoms with Crippen molar-refractivity contribution in [3.63, 3.8) is 0 Å². The number of alkyl carbamates (subject to hydrolysis) is 1. The Bertz CT molecular complexity index is 255. The molecule has 0 aromatic rings. The van der Waals surface area contributed by atoms with Crippen molar-refractivity contribution in [2.45, 2.75) is 26.4 Å². The molecule has 1 amide bonds. The molecule has 0 aliphatic carbocycles. The second kappa shape index (κ2) is 16.1. The van der Waals surface area contributed by atoms with Gasteiger partial charge in [-0.1, -0.05) is 0 Å². The Morgan fingerprint density at radius 3 is 1.90 bits per heavy atom. The summed E-state index contributed by atoms with van der Waals surface area (Å²) in [6.45, 7) is 7.34. The van der Waals surface area contributed by atoms with E-state index < -0.39 is 11.7 Å². The molecule has 0 fully saturated rings. The first-order valence-electron chi connectivity index (χ1n) is 5.65. The van der Waals surface area contributed by atoms with Gasteiger partial charge in [0.25, 0.3) is 0 Å². The molecular formula is C10H28Cl2N6O2. The van der Waals surface area contributed by atoms with Crippen LogP contribution in [-0.2, 0) is 4.74 Å². The molecule has 0 bridgehead atoms. The number of halogens is 2. The average Bonchev–Trinajstić information content (AvgIpc) is 2.22. The molecule has 0 aliphatic heterocycles. The summed E-state index contributed by atoms with van der Waals surface area (Å²) >= 11 is 0. The number of carbonyl (C=O) groups is 1. The van der Waals surface area contributed by atoms with E-state index in [0.29, 0.717) is 26.2 Å². The molecule has 9 N–H and O–H groups in total. The Morgan fingerprint density at radius 2 is 1.65 bits per heavy atom. The molecule has 124 valence electrons. The van der Waals surface area contributed by atoms with Crippen LogP contribution in [0, 0.1) is 0 Å². The van der Waals surface area contributed by atoms with Crippen LogP contribution in [0.5, 0.6) is 0 Å². The highest BCUT2D eigenvalue weighted by molar-refractivity contribution is 5.85. The molecule has 0 aromatic carbocycles. The van der Waals surface area contributed by atoms with Crippen LogP contribution in [0.15, 0.2) is 4.99 Å². The lowest BCUT2D eigenvalue weighted by Crippen LogP contribution is -2.35. The fourth-order valence-corrected chi connectivity index (χ4v) is 0.682. The SMILES string of the molecule is CC(C)(C)OC(=O)NCCN.Cl.Cl.NCCN=C(N)N. The third-order valence-corrected chi connectivity index (χ3v) is 1.24. The fourth-order valence-electron chi connectivity index (χ4n) is 0.682. The second-order valence-electron chi connectivity index (χ2n) is 4.31. The Balaban J connectivity index is -0.000000126. The third kappa shape index (κ3) is 30.2. The minimum Gasteiger partial charge on any atom is -0.444 e. The minimum atomic E-state index is -0.432. The summed E-state index contributed by atoms with van der Waals surface area (Å²) in [5.41, 5.74) is 19.7. The molecule has 0 atom stereocenters. The van der Waals surface area contributed by atoms with Crippen LogP contribution in [-0.4, -0.2) is 43.8 Å². The Hall–Kier alpha value is -0.960. The smallest absolute Gasteiger partial charge is 0.407 e. The second-order valence-corrected chi connectivity index (χ2v) is 4.31. The van der Waals surface area contributed by atoms with Crippen LogP contribution in [0.25, 0.3) is 0 Å². The Morgan fingerprint density at radius 1 is 1.15 bits per heavy atom. The van der Waals surface area contributed by atoms with Gasteiger partial charge in [-0.05, 0) is 20.8 Å². The van der Waals surface area contributed by atoms with E-state index in [1.54, 1.807) is 0 Å². The Kier molecular flexibility index (Phi) is 22.0. The lowest BCUT2D eigenvalue weighted by molar-refractivity contribution is 0.0529. The van der Waals surface area contributed by atoms with Crippen molar-refractivity contribution in [1.82, 2.24) is 5.32 Å². The van der Waals surface area contributed by atoms with Gasteiger partial charge >= 0.3 is 6.09 Å². The zero-order valence-corrected chi connectivity index (χ0v) is 13.9. The van der Waals surface area contributed by atoms with E-state index in [9.17, 15) is 4.79 Å². The van der Waals surface area contributed by atoms with Crippen molar-refractivity contribution in [2.24, 2.45) is 27.9 Å². The van der Waals surface area contributed by atoms with Gasteiger partial charge in [0, 0.05) is 19.6 Å². The van der Waals surface area contributed by atoms with Gasteiger partial charge in [-0.2, -0.15) is 0 Å². The number of nitrogens with zero attached hydrogens (tertiary/aromatic N) is 1. The normalized spacial score (nSPS) is 8.85. The van der Waals surface area contributed by atoms with E-state index in [2.05, 4.69) is 10.3 Å². The largest absolute Gasteiger partial charge is 0.444 e. The number of ether oxygens (including phenoxy) is 1. The molecule has 0 heterocycles. The predicted molar refractivity (Wildman–Crippen MR) is 87.5 cm³/mol. The van der Waals surface area contributed by atoms with Crippen molar-refractivity contribution in [3.8, 4) is 0 Å². The van der Waals surface area contributed by atoms with Crippen LogP contribution in [0.4, 0.5) is 4.79 Å². The molecule has 0 radical (unpaired) electrons. The summed E-state index contributed by atoms with van der Waals surface area (Å²) in [7, 11) is 0. The van der Waals surface area contributed by atoms with E-state index in [-0.39, 0.29) is 30.8 Å². The summed E-state index contributed by atoms with van der Waals surface area (Å²) in [5, 5.41) is 2.50. The first kappa shape index (κ1) is 27.4. The zero-order chi connectivity index (χ0) is 14.6. The highest BCUT2D eigenvalue weighted by Crippen LogP contribution is 2.05. The van der Waals surface area contributed by atoms with E-state index >= 15 is 0 Å². The van der Waals surface area contributed by atoms with Crippen molar-refractivity contribution < 1.29 is 9.53 Å². The van der Waals surface area contributed by atoms with Crippen LogP contribution in [0.1, 0.15) is 20.8 Å². The number of rotatable bonds is 4. The fraction of sp³-hybridized carbons (Fsp3) is 0.800. The van der Waals surface area contributed by atoms with E-state index in [1.165, 1.54) is 0 Å². The van der Waals surface area contributed by atoms with Gasteiger partial charge in [0.1, 0.15) is 5.60 Å². The van der Waals surface area contributed by atoms with Gasteiger partial charge in [-0.25, -0.2) is 4.79 Å². The van der Waals surface area contributed by atoms with Crippen LogP contribution in [0.3, 0.4) is 0 Å². The van der Waals surface area contributed by atoms with Crippen molar-refractivity contribution in [1.29, 1.82) is 0 Å². The summed E-state index contributed by atoms with van der Waals surface area (Å²) in [6.07, 6.45) is -0.414. The average molecular weight is 335 g/mol. The van der Waals surface area contributed by atoms with Gasteiger partial charge in [-0.15, -0.1) is 24.8 Å². The number of guanidine groups is 1. The molecule has 20 heavy (non-hydrogen) atoms. The predicted octanol–water partition coefficient (Wildman–Crippen LogP) is -0.468. The topological polar surface area (TPSA) is 155 Å². The van der Waals surface area contributed by atoms with Gasteiger partial charge in [0.2, 0.25) is 0 Å². The highest BCUT2D eigenvalue weighted by atomic mass is 35.5. The number of amides is 1. The van der Waals surface area contributed by atoms with Gasteiger partial charge in [0.15, 0.2) is 5.96 Å². The van der Waals surface area contributed by atoms with Crippen molar-refractivity contribution in [3.05, 3.63) is 0 Å². The maximum absolute atomic E-state index is 10.8. The number of hydrogen-bond donors (Lipinski definition) is 5. The Labute approximate surface area is 132 Å². The number of carbonyl (C=O) groups excluding carboxylic acids is 1. The standard InChI is InChI=1S/C7H16N2O2.C3H10N4.2ClH/c1-7(2,3)11-6(10)9-5-4-8;4-1-2-7-3(5)6;;/h4-5,8H2,1-3H3,(H,9,10);1-2,4H2,(H4,5,6,7);2*1H. The maximum atomic E-state index is 10.8. The monoisotopic (exact) mass is 334 g/mol. The number of hydrogen-bond acceptors (Lipinski definition) is 5. The molecule has 10 heteroatoms. The maximum Gasteiger partial charge on any atom is 0.407 e. The zero-order valence-electron chi connectivity index (χ0n) is 12.2. The van der Waals surface area contributed by atoms with Gasteiger partial charge in [-0.3, -0.25) is 4.99 Å². The number of nitrogens with two attached hydrogens (primary N) is 4. The molecule has 0 spiro atoms.